The van der Waals surface area contributed by atoms with Gasteiger partial charge >= 0.3 is 5.97 Å². The van der Waals surface area contributed by atoms with Gasteiger partial charge < -0.3 is 10.1 Å². The molecule has 0 spiro atoms. The number of ether oxygens (including phenoxy) is 1. The van der Waals surface area contributed by atoms with Crippen molar-refractivity contribution in [1.29, 1.82) is 0 Å². The van der Waals surface area contributed by atoms with Gasteiger partial charge in [-0.25, -0.2) is 4.79 Å². The molecule has 32 heavy (non-hydrogen) atoms. The summed E-state index contributed by atoms with van der Waals surface area (Å²) in [4.78, 5) is 54.2. The molecule has 1 unspecified atom stereocenters. The topological polar surface area (TPSA) is 92.8 Å². The Bertz CT molecular complexity index is 1070. The number of esters is 1. The van der Waals surface area contributed by atoms with Crippen molar-refractivity contribution in [2.45, 2.75) is 52.5 Å². The van der Waals surface area contributed by atoms with Gasteiger partial charge in [-0.1, -0.05) is 26.0 Å². The number of hydrogen-bond acceptors (Lipinski definition) is 6. The van der Waals surface area contributed by atoms with E-state index in [4.69, 9.17) is 4.74 Å². The Labute approximate surface area is 190 Å². The van der Waals surface area contributed by atoms with Gasteiger partial charge in [0.05, 0.1) is 23.3 Å². The number of carbonyl (C=O) groups excluding carboxylic acids is 4. The summed E-state index contributed by atoms with van der Waals surface area (Å²) in [5.74, 6) is -2.22. The normalized spacial score (nSPS) is 16.1. The number of benzene rings is 1. The van der Waals surface area contributed by atoms with E-state index in [1.54, 1.807) is 45.0 Å². The fourth-order valence-electron chi connectivity index (χ4n) is 4.44. The molecule has 2 aliphatic rings. The molecule has 1 aliphatic heterocycles. The molecule has 4 rings (SSSR count). The highest BCUT2D eigenvalue weighted by Gasteiger charge is 2.44. The summed E-state index contributed by atoms with van der Waals surface area (Å²) in [6.07, 6.45) is 3.64. The highest BCUT2D eigenvalue weighted by Crippen LogP contribution is 2.39. The van der Waals surface area contributed by atoms with Crippen LogP contribution in [0, 0.1) is 5.92 Å². The summed E-state index contributed by atoms with van der Waals surface area (Å²) in [5.41, 5.74) is 1.95. The minimum absolute atomic E-state index is 0.237. The Kier molecular flexibility index (Phi) is 6.15. The van der Waals surface area contributed by atoms with E-state index in [0.717, 1.165) is 41.0 Å². The number of thiophene rings is 1. The van der Waals surface area contributed by atoms with Crippen LogP contribution in [-0.2, 0) is 22.4 Å². The second-order valence-electron chi connectivity index (χ2n) is 8.34. The molecular formula is C24H26N2O5S. The number of nitrogens with zero attached hydrogens (tertiary/aromatic N) is 1. The molecule has 1 atom stereocenters. The lowest BCUT2D eigenvalue weighted by Crippen LogP contribution is -2.50. The van der Waals surface area contributed by atoms with Crippen molar-refractivity contribution in [3.05, 3.63) is 51.4 Å². The van der Waals surface area contributed by atoms with E-state index in [1.807, 2.05) is 0 Å². The third-order valence-electron chi connectivity index (χ3n) is 5.89. The summed E-state index contributed by atoms with van der Waals surface area (Å²) in [7, 11) is 0. The van der Waals surface area contributed by atoms with Crippen molar-refractivity contribution in [2.24, 2.45) is 5.92 Å². The van der Waals surface area contributed by atoms with Crippen LogP contribution in [0.15, 0.2) is 24.3 Å². The number of rotatable bonds is 6. The van der Waals surface area contributed by atoms with E-state index in [1.165, 1.54) is 11.3 Å². The van der Waals surface area contributed by atoms with Gasteiger partial charge in [0, 0.05) is 4.88 Å². The summed E-state index contributed by atoms with van der Waals surface area (Å²) < 4.78 is 5.26. The number of fused-ring (bicyclic) bond motifs is 2. The van der Waals surface area contributed by atoms with Crippen molar-refractivity contribution in [3.63, 3.8) is 0 Å². The first-order valence-corrected chi connectivity index (χ1v) is 11.8. The third-order valence-corrected chi connectivity index (χ3v) is 7.10. The fourth-order valence-corrected chi connectivity index (χ4v) is 5.72. The zero-order valence-corrected chi connectivity index (χ0v) is 19.2. The highest BCUT2D eigenvalue weighted by molar-refractivity contribution is 7.17. The second-order valence-corrected chi connectivity index (χ2v) is 9.44. The molecule has 168 valence electrons. The quantitative estimate of drug-likeness (QED) is 0.525. The minimum Gasteiger partial charge on any atom is -0.462 e. The first-order valence-electron chi connectivity index (χ1n) is 10.9. The lowest BCUT2D eigenvalue weighted by atomic mass is 9.95. The van der Waals surface area contributed by atoms with E-state index in [0.29, 0.717) is 21.7 Å². The summed E-state index contributed by atoms with van der Waals surface area (Å²) >= 11 is 1.38. The molecule has 0 saturated heterocycles. The predicted octanol–water partition coefficient (Wildman–Crippen LogP) is 4.06. The number of amides is 3. The van der Waals surface area contributed by atoms with Gasteiger partial charge in [-0.3, -0.25) is 19.3 Å². The maximum atomic E-state index is 13.4. The standard InChI is InChI=1S/C24H26N2O5S/c1-4-31-24(30)18-16-11-7-8-12-17(16)32-21(18)25-20(27)19(13(2)3)26-22(28)14-9-5-6-10-15(14)23(26)29/h5-6,9-10,13,19H,4,7-8,11-12H2,1-3H3,(H,25,27). The van der Waals surface area contributed by atoms with Gasteiger partial charge in [-0.2, -0.15) is 0 Å². The molecule has 1 aromatic carbocycles. The Morgan fingerprint density at radius 3 is 2.31 bits per heavy atom. The summed E-state index contributed by atoms with van der Waals surface area (Å²) in [6.45, 7) is 5.56. The van der Waals surface area contributed by atoms with E-state index in [-0.39, 0.29) is 12.5 Å². The van der Waals surface area contributed by atoms with Crippen LogP contribution in [0.25, 0.3) is 0 Å². The van der Waals surface area contributed by atoms with Crippen LogP contribution in [0.3, 0.4) is 0 Å². The van der Waals surface area contributed by atoms with Gasteiger partial charge in [0.15, 0.2) is 0 Å². The molecule has 0 fully saturated rings. The lowest BCUT2D eigenvalue weighted by Gasteiger charge is -2.28. The van der Waals surface area contributed by atoms with Crippen LogP contribution in [0.2, 0.25) is 0 Å². The van der Waals surface area contributed by atoms with Crippen LogP contribution in [0.1, 0.15) is 75.1 Å². The molecule has 8 heteroatoms. The molecule has 0 radical (unpaired) electrons. The predicted molar refractivity (Wildman–Crippen MR) is 121 cm³/mol. The molecule has 1 aromatic heterocycles. The maximum absolute atomic E-state index is 13.4. The van der Waals surface area contributed by atoms with E-state index >= 15 is 0 Å². The molecule has 0 saturated carbocycles. The van der Waals surface area contributed by atoms with E-state index in [9.17, 15) is 19.2 Å². The van der Waals surface area contributed by atoms with Gasteiger partial charge in [0.1, 0.15) is 11.0 Å². The molecule has 1 N–H and O–H groups in total. The molecule has 7 nitrogen and oxygen atoms in total. The van der Waals surface area contributed by atoms with Crippen LogP contribution < -0.4 is 5.32 Å². The third kappa shape index (κ3) is 3.72. The monoisotopic (exact) mass is 454 g/mol. The average Bonchev–Trinajstić information content (AvgIpc) is 3.24. The molecular weight excluding hydrogens is 428 g/mol. The van der Waals surface area contributed by atoms with Crippen LogP contribution in [-0.4, -0.2) is 41.2 Å². The van der Waals surface area contributed by atoms with Gasteiger partial charge in [0.2, 0.25) is 5.91 Å². The highest BCUT2D eigenvalue weighted by atomic mass is 32.1. The molecule has 1 aliphatic carbocycles. The number of aryl methyl sites for hydroxylation is 1. The number of imide groups is 1. The van der Waals surface area contributed by atoms with Crippen molar-refractivity contribution < 1.29 is 23.9 Å². The Morgan fingerprint density at radius 2 is 1.72 bits per heavy atom. The van der Waals surface area contributed by atoms with Crippen molar-refractivity contribution >= 4 is 40.0 Å². The van der Waals surface area contributed by atoms with Crippen LogP contribution in [0.4, 0.5) is 5.00 Å². The molecule has 0 bridgehead atoms. The molecule has 3 amide bonds. The fraction of sp³-hybridized carbons (Fsp3) is 0.417. The second kappa shape index (κ2) is 8.86. The van der Waals surface area contributed by atoms with Gasteiger partial charge in [0.25, 0.3) is 11.8 Å². The van der Waals surface area contributed by atoms with Crippen LogP contribution >= 0.6 is 11.3 Å². The summed E-state index contributed by atoms with van der Waals surface area (Å²) in [5, 5.41) is 3.30. The number of hydrogen-bond donors (Lipinski definition) is 1. The summed E-state index contributed by atoms with van der Waals surface area (Å²) in [6, 6.07) is 5.57. The number of nitrogens with one attached hydrogen (secondary N) is 1. The van der Waals surface area contributed by atoms with Crippen molar-refractivity contribution in [3.8, 4) is 0 Å². The van der Waals surface area contributed by atoms with E-state index in [2.05, 4.69) is 5.32 Å². The smallest absolute Gasteiger partial charge is 0.341 e. The molecule has 2 heterocycles. The van der Waals surface area contributed by atoms with Gasteiger partial charge in [-0.05, 0) is 56.2 Å². The Balaban J connectivity index is 1.67. The number of anilines is 1. The van der Waals surface area contributed by atoms with Crippen LogP contribution in [0.5, 0.6) is 0 Å². The maximum Gasteiger partial charge on any atom is 0.341 e. The van der Waals surface area contributed by atoms with Gasteiger partial charge in [-0.15, -0.1) is 11.3 Å². The average molecular weight is 455 g/mol. The lowest BCUT2D eigenvalue weighted by molar-refractivity contribution is -0.121. The first kappa shape index (κ1) is 22.2. The minimum atomic E-state index is -1.00. The molecule has 2 aromatic rings. The van der Waals surface area contributed by atoms with Crippen molar-refractivity contribution in [1.82, 2.24) is 4.90 Å². The Hall–Kier alpha value is -3.00. The van der Waals surface area contributed by atoms with Crippen molar-refractivity contribution in [2.75, 3.05) is 11.9 Å². The number of carbonyl (C=O) groups is 4. The largest absolute Gasteiger partial charge is 0.462 e. The zero-order chi connectivity index (χ0) is 23.0. The first-order chi connectivity index (χ1) is 15.3. The van der Waals surface area contributed by atoms with E-state index < -0.39 is 29.7 Å². The Morgan fingerprint density at radius 1 is 1.09 bits per heavy atom. The SMILES string of the molecule is CCOC(=O)c1c(NC(=O)C(C(C)C)N2C(=O)c3ccccc3C2=O)sc2c1CCCC2. The zero-order valence-electron chi connectivity index (χ0n) is 18.4.